The second-order valence-corrected chi connectivity index (χ2v) is 8.73. The highest BCUT2D eigenvalue weighted by Gasteiger charge is 2.30. The molecule has 0 bridgehead atoms. The highest BCUT2D eigenvalue weighted by Crippen LogP contribution is 2.32. The lowest BCUT2D eigenvalue weighted by Gasteiger charge is -2.24. The van der Waals surface area contributed by atoms with Crippen LogP contribution in [0.15, 0.2) is 42.5 Å². The summed E-state index contributed by atoms with van der Waals surface area (Å²) in [5.74, 6) is -0.0664. The number of esters is 1. The third-order valence-corrected chi connectivity index (χ3v) is 5.95. The van der Waals surface area contributed by atoms with E-state index in [0.29, 0.717) is 35.7 Å². The minimum atomic E-state index is -3.35. The lowest BCUT2D eigenvalue weighted by molar-refractivity contribution is -0.153. The van der Waals surface area contributed by atoms with Crippen molar-refractivity contribution in [1.29, 1.82) is 0 Å². The number of ether oxygens (including phenoxy) is 3. The number of hydrogen-bond donors (Lipinski definition) is 0. The van der Waals surface area contributed by atoms with E-state index in [1.165, 1.54) is 10.4 Å². The summed E-state index contributed by atoms with van der Waals surface area (Å²) in [6.07, 6.45) is 0.729. The SMILES string of the molecule is CS(=O)(=O)N1CCc2cc(C(=O)COC(=O)[C@H]3COc4ccccc4O3)ccc21. The minimum absolute atomic E-state index is 0.00418. The summed E-state index contributed by atoms with van der Waals surface area (Å²) in [5, 5.41) is 0. The highest BCUT2D eigenvalue weighted by molar-refractivity contribution is 7.92. The Bertz CT molecular complexity index is 1080. The third kappa shape index (κ3) is 3.91. The average Bonchev–Trinajstić information content (AvgIpc) is 3.15. The number of hydrogen-bond acceptors (Lipinski definition) is 7. The predicted octanol–water partition coefficient (Wildman–Crippen LogP) is 1.57. The maximum Gasteiger partial charge on any atom is 0.351 e. The normalized spacial score (nSPS) is 17.6. The molecule has 1 atom stereocenters. The maximum atomic E-state index is 12.4. The van der Waals surface area contributed by atoms with E-state index in [2.05, 4.69) is 0 Å². The van der Waals surface area contributed by atoms with Gasteiger partial charge in [-0.05, 0) is 42.3 Å². The summed E-state index contributed by atoms with van der Waals surface area (Å²) in [6.45, 7) is -0.0829. The highest BCUT2D eigenvalue weighted by atomic mass is 32.2. The Labute approximate surface area is 168 Å². The number of para-hydroxylation sites is 2. The summed E-state index contributed by atoms with van der Waals surface area (Å²) in [6, 6.07) is 11.8. The van der Waals surface area contributed by atoms with Gasteiger partial charge in [0, 0.05) is 12.1 Å². The first-order valence-corrected chi connectivity index (χ1v) is 10.9. The fourth-order valence-electron chi connectivity index (χ4n) is 3.34. The number of carbonyl (C=O) groups excluding carboxylic acids is 2. The van der Waals surface area contributed by atoms with Crippen molar-refractivity contribution >= 4 is 27.5 Å². The molecular weight excluding hydrogens is 398 g/mol. The molecule has 2 aromatic rings. The van der Waals surface area contributed by atoms with Crippen molar-refractivity contribution in [1.82, 2.24) is 0 Å². The zero-order chi connectivity index (χ0) is 20.6. The van der Waals surface area contributed by atoms with Crippen molar-refractivity contribution in [2.24, 2.45) is 0 Å². The molecule has 152 valence electrons. The Hall–Kier alpha value is -3.07. The van der Waals surface area contributed by atoms with Crippen LogP contribution in [-0.2, 0) is 26.0 Å². The van der Waals surface area contributed by atoms with Gasteiger partial charge >= 0.3 is 5.97 Å². The number of Topliss-reactive ketones (excluding diaryl/α,β-unsaturated/α-hetero) is 1. The van der Waals surface area contributed by atoms with Crippen molar-refractivity contribution in [2.75, 3.05) is 30.3 Å². The number of fused-ring (bicyclic) bond motifs is 2. The molecule has 2 aliphatic rings. The zero-order valence-corrected chi connectivity index (χ0v) is 16.5. The van der Waals surface area contributed by atoms with Crippen LogP contribution in [0.2, 0.25) is 0 Å². The topological polar surface area (TPSA) is 99.2 Å². The molecule has 0 saturated carbocycles. The van der Waals surface area contributed by atoms with Crippen molar-refractivity contribution in [3.8, 4) is 11.5 Å². The van der Waals surface area contributed by atoms with Gasteiger partial charge < -0.3 is 14.2 Å². The average molecular weight is 417 g/mol. The Morgan fingerprint density at radius 3 is 2.69 bits per heavy atom. The van der Waals surface area contributed by atoms with E-state index in [1.807, 2.05) is 0 Å². The summed E-state index contributed by atoms with van der Waals surface area (Å²) < 4.78 is 41.1. The van der Waals surface area contributed by atoms with Gasteiger partial charge in [0.1, 0.15) is 6.61 Å². The van der Waals surface area contributed by atoms with E-state index in [-0.39, 0.29) is 12.4 Å². The van der Waals surface area contributed by atoms with Gasteiger partial charge in [-0.25, -0.2) is 13.2 Å². The van der Waals surface area contributed by atoms with Gasteiger partial charge in [0.05, 0.1) is 11.9 Å². The molecule has 0 fully saturated rings. The Morgan fingerprint density at radius 1 is 1.17 bits per heavy atom. The number of nitrogens with zero attached hydrogens (tertiary/aromatic N) is 1. The van der Waals surface area contributed by atoms with Gasteiger partial charge in [0.2, 0.25) is 16.1 Å². The molecule has 29 heavy (non-hydrogen) atoms. The maximum absolute atomic E-state index is 12.4. The molecule has 0 radical (unpaired) electrons. The van der Waals surface area contributed by atoms with Crippen molar-refractivity contribution in [2.45, 2.75) is 12.5 Å². The molecular formula is C20H19NO7S. The lowest BCUT2D eigenvalue weighted by atomic mass is 10.1. The molecule has 0 unspecified atom stereocenters. The van der Waals surface area contributed by atoms with E-state index in [9.17, 15) is 18.0 Å². The molecule has 2 aromatic carbocycles. The molecule has 8 nitrogen and oxygen atoms in total. The predicted molar refractivity (Wildman–Crippen MR) is 104 cm³/mol. The van der Waals surface area contributed by atoms with Gasteiger partial charge in [-0.1, -0.05) is 12.1 Å². The number of sulfonamides is 1. The van der Waals surface area contributed by atoms with Crippen LogP contribution in [0.4, 0.5) is 5.69 Å². The fraction of sp³-hybridized carbons (Fsp3) is 0.300. The van der Waals surface area contributed by atoms with Crippen LogP contribution in [-0.4, -0.2) is 52.3 Å². The molecule has 0 aliphatic carbocycles. The largest absolute Gasteiger partial charge is 0.485 e. The zero-order valence-electron chi connectivity index (χ0n) is 15.7. The van der Waals surface area contributed by atoms with Gasteiger partial charge in [0.15, 0.2) is 23.9 Å². The first kappa shape index (κ1) is 19.3. The molecule has 0 aromatic heterocycles. The van der Waals surface area contributed by atoms with Crippen molar-refractivity contribution < 1.29 is 32.2 Å². The second-order valence-electron chi connectivity index (χ2n) is 6.82. The van der Waals surface area contributed by atoms with Crippen LogP contribution in [0.3, 0.4) is 0 Å². The van der Waals surface area contributed by atoms with Crippen LogP contribution in [0.25, 0.3) is 0 Å². The molecule has 0 spiro atoms. The number of ketones is 1. The summed E-state index contributed by atoms with van der Waals surface area (Å²) in [7, 11) is -3.35. The van der Waals surface area contributed by atoms with Crippen molar-refractivity contribution in [3.05, 3.63) is 53.6 Å². The lowest BCUT2D eigenvalue weighted by Crippen LogP contribution is -2.38. The van der Waals surface area contributed by atoms with Crippen LogP contribution >= 0.6 is 0 Å². The first-order chi connectivity index (χ1) is 13.8. The Kier molecular flexibility index (Phi) is 4.91. The number of rotatable bonds is 5. The third-order valence-electron chi connectivity index (χ3n) is 4.77. The summed E-state index contributed by atoms with van der Waals surface area (Å²) >= 11 is 0. The van der Waals surface area contributed by atoms with E-state index < -0.39 is 28.7 Å². The van der Waals surface area contributed by atoms with Gasteiger partial charge in [-0.2, -0.15) is 0 Å². The summed E-state index contributed by atoms with van der Waals surface area (Å²) in [4.78, 5) is 24.7. The van der Waals surface area contributed by atoms with Crippen LogP contribution in [0.1, 0.15) is 15.9 Å². The Balaban J connectivity index is 1.38. The van der Waals surface area contributed by atoms with E-state index in [0.717, 1.165) is 11.8 Å². The summed E-state index contributed by atoms with van der Waals surface area (Å²) in [5.41, 5.74) is 1.71. The van der Waals surface area contributed by atoms with E-state index >= 15 is 0 Å². The van der Waals surface area contributed by atoms with Gasteiger partial charge in [-0.15, -0.1) is 0 Å². The minimum Gasteiger partial charge on any atom is -0.485 e. The molecule has 0 N–H and O–H groups in total. The first-order valence-electron chi connectivity index (χ1n) is 9.02. The van der Waals surface area contributed by atoms with Gasteiger partial charge in [-0.3, -0.25) is 9.10 Å². The second kappa shape index (κ2) is 7.40. The molecule has 9 heteroatoms. The fourth-order valence-corrected chi connectivity index (χ4v) is 4.30. The van der Waals surface area contributed by atoms with E-state index in [1.54, 1.807) is 36.4 Å². The van der Waals surface area contributed by atoms with Crippen LogP contribution in [0, 0.1) is 0 Å². The molecule has 2 heterocycles. The smallest absolute Gasteiger partial charge is 0.351 e. The number of anilines is 1. The number of benzene rings is 2. The molecule has 0 saturated heterocycles. The van der Waals surface area contributed by atoms with Crippen LogP contribution < -0.4 is 13.8 Å². The molecule has 4 rings (SSSR count). The van der Waals surface area contributed by atoms with Gasteiger partial charge in [0.25, 0.3) is 0 Å². The number of carbonyl (C=O) groups is 2. The quantitative estimate of drug-likeness (QED) is 0.538. The molecule has 0 amide bonds. The van der Waals surface area contributed by atoms with E-state index in [4.69, 9.17) is 14.2 Å². The Morgan fingerprint density at radius 2 is 1.93 bits per heavy atom. The monoisotopic (exact) mass is 417 g/mol. The van der Waals surface area contributed by atoms with Crippen LogP contribution in [0.5, 0.6) is 11.5 Å². The molecule has 2 aliphatic heterocycles. The van der Waals surface area contributed by atoms with Crippen molar-refractivity contribution in [3.63, 3.8) is 0 Å². The standard InChI is InChI=1S/C20H19NO7S/c1-29(24,25)21-9-8-13-10-14(6-7-15(13)21)16(22)11-27-20(23)19-12-26-17-4-2-3-5-18(17)28-19/h2-7,10,19H,8-9,11-12H2,1H3/t19-/m1/s1.